The maximum absolute atomic E-state index is 11.7. The number of aryl methyl sites for hydroxylation is 1. The van der Waals surface area contributed by atoms with Crippen LogP contribution in [0.4, 0.5) is 5.82 Å². The van der Waals surface area contributed by atoms with Gasteiger partial charge >= 0.3 is 11.8 Å². The van der Waals surface area contributed by atoms with Crippen LogP contribution in [0.5, 0.6) is 5.75 Å². The lowest BCUT2D eigenvalue weighted by Gasteiger charge is -2.14. The molecule has 0 saturated heterocycles. The fourth-order valence-electron chi connectivity index (χ4n) is 2.17. The molecule has 1 heterocycles. The normalized spacial score (nSPS) is 11.8. The number of carbonyl (C=O) groups excluding carboxylic acids is 1. The minimum atomic E-state index is -1.06. The summed E-state index contributed by atoms with van der Waals surface area (Å²) >= 11 is 5.85. The van der Waals surface area contributed by atoms with E-state index in [0.29, 0.717) is 10.8 Å². The van der Waals surface area contributed by atoms with Gasteiger partial charge in [-0.05, 0) is 23.1 Å². The quantitative estimate of drug-likeness (QED) is 0.450. The zero-order valence-corrected chi connectivity index (χ0v) is 14.3. The standard InChI is InChI=1S/C15H16ClN3O6/c1-9-17-6-14(19(22)23)18(9)7-11(20)8-25-13-4-3-10(16)5-12(13)15(21)24-2/h3-6,11,20H,7-8H2,1-2H3. The maximum Gasteiger partial charge on any atom is 0.342 e. The fraction of sp³-hybridized carbons (Fsp3) is 0.333. The topological polar surface area (TPSA) is 117 Å². The summed E-state index contributed by atoms with van der Waals surface area (Å²) in [4.78, 5) is 26.0. The summed E-state index contributed by atoms with van der Waals surface area (Å²) in [6.07, 6.45) is 0.0602. The van der Waals surface area contributed by atoms with Crippen LogP contribution >= 0.6 is 11.6 Å². The van der Waals surface area contributed by atoms with Gasteiger partial charge in [0.2, 0.25) is 0 Å². The zero-order chi connectivity index (χ0) is 18.6. The Labute approximate surface area is 147 Å². The molecule has 1 unspecified atom stereocenters. The molecule has 0 radical (unpaired) electrons. The largest absolute Gasteiger partial charge is 0.490 e. The number of imidazole rings is 1. The number of hydrogen-bond donors (Lipinski definition) is 1. The van der Waals surface area contributed by atoms with Crippen molar-refractivity contribution in [3.63, 3.8) is 0 Å². The zero-order valence-electron chi connectivity index (χ0n) is 13.5. The molecule has 134 valence electrons. The summed E-state index contributed by atoms with van der Waals surface area (Å²) in [5.74, 6) is -0.272. The van der Waals surface area contributed by atoms with Gasteiger partial charge in [-0.2, -0.15) is 0 Å². The van der Waals surface area contributed by atoms with E-state index in [9.17, 15) is 20.0 Å². The average molecular weight is 370 g/mol. The first-order chi connectivity index (χ1) is 11.8. The third kappa shape index (κ3) is 4.46. The van der Waals surface area contributed by atoms with Crippen LogP contribution in [0.25, 0.3) is 0 Å². The summed E-state index contributed by atoms with van der Waals surface area (Å²) in [6, 6.07) is 4.40. The molecule has 0 saturated carbocycles. The number of aliphatic hydroxyl groups excluding tert-OH is 1. The SMILES string of the molecule is COC(=O)c1cc(Cl)ccc1OCC(O)Cn1c([N+](=O)[O-])cnc1C. The van der Waals surface area contributed by atoms with Crippen LogP contribution in [-0.2, 0) is 11.3 Å². The van der Waals surface area contributed by atoms with Crippen LogP contribution in [0, 0.1) is 17.0 Å². The Balaban J connectivity index is 2.08. The maximum atomic E-state index is 11.7. The third-order valence-corrected chi connectivity index (χ3v) is 3.63. The molecular weight excluding hydrogens is 354 g/mol. The molecule has 0 bridgehead atoms. The first kappa shape index (κ1) is 18.7. The second-order valence-electron chi connectivity index (χ2n) is 5.13. The lowest BCUT2D eigenvalue weighted by Crippen LogP contribution is -2.25. The molecule has 25 heavy (non-hydrogen) atoms. The number of rotatable bonds is 7. The molecule has 1 atom stereocenters. The van der Waals surface area contributed by atoms with Crippen molar-refractivity contribution in [3.8, 4) is 5.75 Å². The molecule has 9 nitrogen and oxygen atoms in total. The minimum Gasteiger partial charge on any atom is -0.490 e. The molecule has 0 aliphatic heterocycles. The molecule has 1 aromatic heterocycles. The Hall–Kier alpha value is -2.65. The van der Waals surface area contributed by atoms with Gasteiger partial charge in [0.15, 0.2) is 5.82 Å². The molecular formula is C15H16ClN3O6. The van der Waals surface area contributed by atoms with Gasteiger partial charge in [0.25, 0.3) is 0 Å². The number of aromatic nitrogens is 2. The molecule has 2 aromatic rings. The number of nitrogens with zero attached hydrogens (tertiary/aromatic N) is 3. The van der Waals surface area contributed by atoms with Crippen LogP contribution in [0.15, 0.2) is 24.4 Å². The van der Waals surface area contributed by atoms with Gasteiger partial charge in [-0.1, -0.05) is 11.6 Å². The number of nitro groups is 1. The Morgan fingerprint density at radius 3 is 2.88 bits per heavy atom. The molecule has 2 rings (SSSR count). The molecule has 0 aliphatic rings. The lowest BCUT2D eigenvalue weighted by atomic mass is 10.2. The lowest BCUT2D eigenvalue weighted by molar-refractivity contribution is -0.392. The van der Waals surface area contributed by atoms with Gasteiger partial charge in [0, 0.05) is 11.9 Å². The molecule has 1 N–H and O–H groups in total. The van der Waals surface area contributed by atoms with Crippen molar-refractivity contribution < 1.29 is 24.3 Å². The number of hydrogen-bond acceptors (Lipinski definition) is 7. The number of benzene rings is 1. The second-order valence-corrected chi connectivity index (χ2v) is 5.56. The molecule has 0 aliphatic carbocycles. The van der Waals surface area contributed by atoms with Crippen molar-refractivity contribution in [3.05, 3.63) is 50.9 Å². The van der Waals surface area contributed by atoms with E-state index in [2.05, 4.69) is 9.72 Å². The van der Waals surface area contributed by atoms with Crippen molar-refractivity contribution in [1.82, 2.24) is 9.55 Å². The second kappa shape index (κ2) is 7.95. The molecule has 0 fully saturated rings. The smallest absolute Gasteiger partial charge is 0.342 e. The van der Waals surface area contributed by atoms with E-state index in [-0.39, 0.29) is 30.3 Å². The van der Waals surface area contributed by atoms with Crippen molar-refractivity contribution in [2.75, 3.05) is 13.7 Å². The molecule has 10 heteroatoms. The van der Waals surface area contributed by atoms with Crippen LogP contribution in [0.3, 0.4) is 0 Å². The average Bonchev–Trinajstić information content (AvgIpc) is 2.93. The van der Waals surface area contributed by atoms with Crippen LogP contribution in [-0.4, -0.2) is 45.4 Å². The van der Waals surface area contributed by atoms with Crippen LogP contribution in [0.1, 0.15) is 16.2 Å². The molecule has 1 aromatic carbocycles. The highest BCUT2D eigenvalue weighted by Crippen LogP contribution is 2.24. The van der Waals surface area contributed by atoms with Crippen molar-refractivity contribution >= 4 is 23.4 Å². The molecule has 0 spiro atoms. The van der Waals surface area contributed by atoms with Gasteiger partial charge in [-0.3, -0.25) is 0 Å². The predicted molar refractivity (Wildman–Crippen MR) is 87.9 cm³/mol. The van der Waals surface area contributed by atoms with Gasteiger partial charge in [-0.15, -0.1) is 0 Å². The first-order valence-electron chi connectivity index (χ1n) is 7.18. The van der Waals surface area contributed by atoms with Gasteiger partial charge < -0.3 is 24.7 Å². The summed E-state index contributed by atoms with van der Waals surface area (Å²) in [5, 5.41) is 21.4. The van der Waals surface area contributed by atoms with E-state index in [1.165, 1.54) is 29.9 Å². The number of methoxy groups -OCH3 is 1. The van der Waals surface area contributed by atoms with E-state index in [1.807, 2.05) is 0 Å². The Morgan fingerprint density at radius 2 is 2.24 bits per heavy atom. The van der Waals surface area contributed by atoms with Crippen LogP contribution < -0.4 is 4.74 Å². The van der Waals surface area contributed by atoms with Crippen LogP contribution in [0.2, 0.25) is 5.02 Å². The van der Waals surface area contributed by atoms with E-state index >= 15 is 0 Å². The molecule has 0 amide bonds. The Morgan fingerprint density at radius 1 is 1.52 bits per heavy atom. The minimum absolute atomic E-state index is 0.0801. The van der Waals surface area contributed by atoms with Gasteiger partial charge in [-0.25, -0.2) is 14.3 Å². The predicted octanol–water partition coefficient (Wildman–Crippen LogP) is 1.98. The summed E-state index contributed by atoms with van der Waals surface area (Å²) < 4.78 is 11.4. The first-order valence-corrected chi connectivity index (χ1v) is 7.56. The number of carbonyl (C=O) groups is 1. The monoisotopic (exact) mass is 369 g/mol. The fourth-order valence-corrected chi connectivity index (χ4v) is 2.35. The summed E-state index contributed by atoms with van der Waals surface area (Å²) in [5.41, 5.74) is 0.118. The third-order valence-electron chi connectivity index (χ3n) is 3.39. The highest BCUT2D eigenvalue weighted by atomic mass is 35.5. The van der Waals surface area contributed by atoms with Gasteiger partial charge in [0.05, 0.1) is 7.11 Å². The summed E-state index contributed by atoms with van der Waals surface area (Å²) in [6.45, 7) is 1.32. The van der Waals surface area contributed by atoms with Crippen molar-refractivity contribution in [2.45, 2.75) is 19.6 Å². The number of ether oxygens (including phenoxy) is 2. The van der Waals surface area contributed by atoms with Gasteiger partial charge in [0.1, 0.15) is 36.8 Å². The van der Waals surface area contributed by atoms with E-state index in [1.54, 1.807) is 6.92 Å². The highest BCUT2D eigenvalue weighted by Gasteiger charge is 2.22. The van der Waals surface area contributed by atoms with E-state index in [0.717, 1.165) is 6.20 Å². The highest BCUT2D eigenvalue weighted by molar-refractivity contribution is 6.31. The number of esters is 1. The number of halogens is 1. The van der Waals surface area contributed by atoms with Crippen molar-refractivity contribution in [2.24, 2.45) is 0 Å². The van der Waals surface area contributed by atoms with E-state index in [4.69, 9.17) is 16.3 Å². The van der Waals surface area contributed by atoms with E-state index < -0.39 is 17.0 Å². The summed E-state index contributed by atoms with van der Waals surface area (Å²) in [7, 11) is 1.23. The Kier molecular flexibility index (Phi) is 5.94. The Bertz CT molecular complexity index is 792. The van der Waals surface area contributed by atoms with Crippen molar-refractivity contribution in [1.29, 1.82) is 0 Å². The number of aliphatic hydroxyl groups is 1.